The number of aromatic nitrogens is 2. The highest BCUT2D eigenvalue weighted by molar-refractivity contribution is 7.15. The molecular weight excluding hydrogens is 254 g/mol. The normalized spacial score (nSPS) is 10.5. The van der Waals surface area contributed by atoms with Gasteiger partial charge in [-0.3, -0.25) is 4.98 Å². The van der Waals surface area contributed by atoms with Crippen LogP contribution in [0.4, 0.5) is 5.13 Å². The fraction of sp³-hybridized carbons (Fsp3) is 0.0667. The van der Waals surface area contributed by atoms with E-state index in [4.69, 9.17) is 5.73 Å². The van der Waals surface area contributed by atoms with Crippen molar-refractivity contribution in [3.63, 3.8) is 0 Å². The molecule has 1 aromatic carbocycles. The Hall–Kier alpha value is -2.20. The number of pyridine rings is 1. The summed E-state index contributed by atoms with van der Waals surface area (Å²) in [6.45, 7) is 0. The van der Waals surface area contributed by atoms with Gasteiger partial charge in [0.15, 0.2) is 5.13 Å². The molecule has 0 radical (unpaired) electrons. The van der Waals surface area contributed by atoms with E-state index >= 15 is 0 Å². The summed E-state index contributed by atoms with van der Waals surface area (Å²) in [4.78, 5) is 9.92. The van der Waals surface area contributed by atoms with Crippen LogP contribution in [0.3, 0.4) is 0 Å². The molecule has 3 rings (SSSR count). The maximum absolute atomic E-state index is 5.85. The van der Waals surface area contributed by atoms with E-state index in [0.29, 0.717) is 5.13 Å². The lowest BCUT2D eigenvalue weighted by Crippen LogP contribution is -1.90. The summed E-state index contributed by atoms with van der Waals surface area (Å²) in [7, 11) is 0. The molecule has 3 nitrogen and oxygen atoms in total. The molecular formula is C15H13N3S. The zero-order chi connectivity index (χ0) is 13.1. The number of nitrogen functional groups attached to an aromatic ring is 1. The highest BCUT2D eigenvalue weighted by Gasteiger charge is 2.12. The van der Waals surface area contributed by atoms with E-state index in [2.05, 4.69) is 22.1 Å². The first-order valence-corrected chi connectivity index (χ1v) is 6.85. The lowest BCUT2D eigenvalue weighted by Gasteiger charge is -2.02. The molecule has 0 aliphatic heterocycles. The Kier molecular flexibility index (Phi) is 3.25. The second kappa shape index (κ2) is 5.20. The summed E-state index contributed by atoms with van der Waals surface area (Å²) in [5.74, 6) is 0. The van der Waals surface area contributed by atoms with E-state index in [1.165, 1.54) is 16.9 Å². The highest BCUT2D eigenvalue weighted by Crippen LogP contribution is 2.30. The fourth-order valence-corrected chi connectivity index (χ4v) is 2.85. The average molecular weight is 267 g/mol. The summed E-state index contributed by atoms with van der Waals surface area (Å²) < 4.78 is 0. The van der Waals surface area contributed by atoms with Crippen molar-refractivity contribution >= 4 is 16.5 Å². The standard InChI is InChI=1S/C15H13N3S/c16-15-18-14(12-8-4-5-9-17-12)13(19-15)10-11-6-2-1-3-7-11/h1-9H,10H2,(H2,16,18). The summed E-state index contributed by atoms with van der Waals surface area (Å²) in [5, 5.41) is 0.589. The van der Waals surface area contributed by atoms with Crippen molar-refractivity contribution in [2.45, 2.75) is 6.42 Å². The van der Waals surface area contributed by atoms with Crippen molar-refractivity contribution in [3.05, 3.63) is 65.2 Å². The van der Waals surface area contributed by atoms with Crippen molar-refractivity contribution in [2.24, 2.45) is 0 Å². The predicted molar refractivity (Wildman–Crippen MR) is 79.0 cm³/mol. The van der Waals surface area contributed by atoms with Crippen LogP contribution in [0.2, 0.25) is 0 Å². The molecule has 0 saturated heterocycles. The van der Waals surface area contributed by atoms with Crippen molar-refractivity contribution in [1.82, 2.24) is 9.97 Å². The monoisotopic (exact) mass is 267 g/mol. The van der Waals surface area contributed by atoms with Gasteiger partial charge in [0, 0.05) is 17.5 Å². The van der Waals surface area contributed by atoms with Crippen LogP contribution in [-0.2, 0) is 6.42 Å². The molecule has 0 aliphatic rings. The minimum atomic E-state index is 0.589. The molecule has 4 heteroatoms. The van der Waals surface area contributed by atoms with Gasteiger partial charge in [-0.1, -0.05) is 36.4 Å². The van der Waals surface area contributed by atoms with Gasteiger partial charge >= 0.3 is 0 Å². The number of thiazole rings is 1. The molecule has 0 amide bonds. The lowest BCUT2D eigenvalue weighted by atomic mass is 10.1. The number of rotatable bonds is 3. The minimum Gasteiger partial charge on any atom is -0.375 e. The van der Waals surface area contributed by atoms with E-state index in [9.17, 15) is 0 Å². The average Bonchev–Trinajstić information content (AvgIpc) is 2.82. The summed E-state index contributed by atoms with van der Waals surface area (Å²) in [6.07, 6.45) is 2.61. The van der Waals surface area contributed by atoms with Crippen LogP contribution >= 0.6 is 11.3 Å². The van der Waals surface area contributed by atoms with Crippen LogP contribution in [0, 0.1) is 0 Å². The van der Waals surface area contributed by atoms with Gasteiger partial charge in [-0.2, -0.15) is 0 Å². The zero-order valence-corrected chi connectivity index (χ0v) is 11.1. The molecule has 0 spiro atoms. The Balaban J connectivity index is 1.99. The smallest absolute Gasteiger partial charge is 0.180 e. The summed E-state index contributed by atoms with van der Waals surface area (Å²) in [5.41, 5.74) is 8.87. The number of hydrogen-bond donors (Lipinski definition) is 1. The Bertz CT molecular complexity index is 662. The lowest BCUT2D eigenvalue weighted by molar-refractivity contribution is 1.20. The van der Waals surface area contributed by atoms with E-state index in [-0.39, 0.29) is 0 Å². The molecule has 0 bridgehead atoms. The van der Waals surface area contributed by atoms with Crippen LogP contribution in [0.15, 0.2) is 54.7 Å². The molecule has 0 unspecified atom stereocenters. The van der Waals surface area contributed by atoms with Crippen LogP contribution in [0.25, 0.3) is 11.4 Å². The van der Waals surface area contributed by atoms with Gasteiger partial charge in [0.05, 0.1) is 5.69 Å². The molecule has 0 aliphatic carbocycles. The molecule has 19 heavy (non-hydrogen) atoms. The number of hydrogen-bond acceptors (Lipinski definition) is 4. The maximum Gasteiger partial charge on any atom is 0.180 e. The van der Waals surface area contributed by atoms with Gasteiger partial charge in [-0.15, -0.1) is 11.3 Å². The summed E-state index contributed by atoms with van der Waals surface area (Å²) >= 11 is 1.53. The predicted octanol–water partition coefficient (Wildman–Crippen LogP) is 3.38. The SMILES string of the molecule is Nc1nc(-c2ccccn2)c(Cc2ccccc2)s1. The maximum atomic E-state index is 5.85. The van der Waals surface area contributed by atoms with Crippen molar-refractivity contribution in [2.75, 3.05) is 5.73 Å². The molecule has 0 atom stereocenters. The quantitative estimate of drug-likeness (QED) is 0.791. The van der Waals surface area contributed by atoms with E-state index in [1.54, 1.807) is 6.20 Å². The highest BCUT2D eigenvalue weighted by atomic mass is 32.1. The molecule has 2 N–H and O–H groups in total. The molecule has 0 fully saturated rings. The topological polar surface area (TPSA) is 51.8 Å². The third kappa shape index (κ3) is 2.63. The second-order valence-corrected chi connectivity index (χ2v) is 5.32. The first-order valence-electron chi connectivity index (χ1n) is 6.03. The minimum absolute atomic E-state index is 0.589. The largest absolute Gasteiger partial charge is 0.375 e. The van der Waals surface area contributed by atoms with Gasteiger partial charge in [0.25, 0.3) is 0 Å². The third-order valence-electron chi connectivity index (χ3n) is 2.83. The third-order valence-corrected chi connectivity index (χ3v) is 3.71. The molecule has 2 aromatic heterocycles. The number of anilines is 1. The van der Waals surface area contributed by atoms with E-state index in [1.807, 2.05) is 36.4 Å². The van der Waals surface area contributed by atoms with E-state index < -0.39 is 0 Å². The Morgan fingerprint density at radius 3 is 2.53 bits per heavy atom. The summed E-state index contributed by atoms with van der Waals surface area (Å²) in [6, 6.07) is 16.1. The molecule has 94 valence electrons. The van der Waals surface area contributed by atoms with Crippen molar-refractivity contribution in [3.8, 4) is 11.4 Å². The fourth-order valence-electron chi connectivity index (χ4n) is 1.97. The van der Waals surface area contributed by atoms with Crippen LogP contribution < -0.4 is 5.73 Å². The number of nitrogens with two attached hydrogens (primary N) is 1. The van der Waals surface area contributed by atoms with Gasteiger partial charge < -0.3 is 5.73 Å². The first kappa shape index (κ1) is 11.9. The Morgan fingerprint density at radius 1 is 1.00 bits per heavy atom. The van der Waals surface area contributed by atoms with Crippen LogP contribution in [0.1, 0.15) is 10.4 Å². The van der Waals surface area contributed by atoms with Gasteiger partial charge in [-0.05, 0) is 17.7 Å². The molecule has 3 aromatic rings. The van der Waals surface area contributed by atoms with Crippen molar-refractivity contribution < 1.29 is 0 Å². The van der Waals surface area contributed by atoms with E-state index in [0.717, 1.165) is 22.7 Å². The zero-order valence-electron chi connectivity index (χ0n) is 10.3. The number of benzene rings is 1. The van der Waals surface area contributed by atoms with Crippen LogP contribution in [0.5, 0.6) is 0 Å². The van der Waals surface area contributed by atoms with Gasteiger partial charge in [-0.25, -0.2) is 4.98 Å². The molecule has 2 heterocycles. The van der Waals surface area contributed by atoms with Gasteiger partial charge in [0.1, 0.15) is 5.69 Å². The Morgan fingerprint density at radius 2 is 1.79 bits per heavy atom. The van der Waals surface area contributed by atoms with Gasteiger partial charge in [0.2, 0.25) is 0 Å². The first-order chi connectivity index (χ1) is 9.33. The van der Waals surface area contributed by atoms with Crippen molar-refractivity contribution in [1.29, 1.82) is 0 Å². The second-order valence-electron chi connectivity index (χ2n) is 4.20. The Labute approximate surface area is 115 Å². The number of nitrogens with zero attached hydrogens (tertiary/aromatic N) is 2. The molecule has 0 saturated carbocycles. The van der Waals surface area contributed by atoms with Crippen LogP contribution in [-0.4, -0.2) is 9.97 Å².